The Morgan fingerprint density at radius 2 is 2.07 bits per heavy atom. The number of hydrazone groups is 1. The second kappa shape index (κ2) is 9.39. The first-order valence-electron chi connectivity index (χ1n) is 9.25. The second-order valence-electron chi connectivity index (χ2n) is 6.47. The smallest absolute Gasteiger partial charge is 0.258 e. The summed E-state index contributed by atoms with van der Waals surface area (Å²) in [4.78, 5) is 12.7. The van der Waals surface area contributed by atoms with Gasteiger partial charge in [0, 0.05) is 11.6 Å². The van der Waals surface area contributed by atoms with Crippen molar-refractivity contribution in [3.8, 4) is 5.75 Å². The quantitative estimate of drug-likeness (QED) is 0.534. The maximum Gasteiger partial charge on any atom is 0.258 e. The zero-order valence-electron chi connectivity index (χ0n) is 15.9. The molecule has 3 rings (SSSR count). The van der Waals surface area contributed by atoms with Crippen molar-refractivity contribution in [1.29, 1.82) is 0 Å². The number of nitrogens with zero attached hydrogens (tertiary/aromatic N) is 2. The topological polar surface area (TPSA) is 88.1 Å². The second-order valence-corrected chi connectivity index (χ2v) is 8.79. The van der Waals surface area contributed by atoms with Crippen molar-refractivity contribution in [3.05, 3.63) is 59.1 Å². The van der Waals surface area contributed by atoms with Crippen LogP contribution in [0.1, 0.15) is 25.3 Å². The number of rotatable bonds is 7. The zero-order valence-corrected chi connectivity index (χ0v) is 17.5. The van der Waals surface area contributed by atoms with Gasteiger partial charge in [-0.2, -0.15) is 9.41 Å². The van der Waals surface area contributed by atoms with Gasteiger partial charge in [-0.3, -0.25) is 4.79 Å². The van der Waals surface area contributed by atoms with Gasteiger partial charge in [0.25, 0.3) is 5.91 Å². The van der Waals surface area contributed by atoms with Gasteiger partial charge in [0.05, 0.1) is 17.7 Å². The minimum Gasteiger partial charge on any atom is -0.494 e. The molecule has 1 heterocycles. The number of hydrogen-bond acceptors (Lipinski definition) is 5. The molecule has 154 valence electrons. The number of amides is 1. The molecule has 1 N–H and O–H groups in total. The van der Waals surface area contributed by atoms with E-state index in [-0.39, 0.29) is 11.4 Å². The summed E-state index contributed by atoms with van der Waals surface area (Å²) in [6.07, 6.45) is 2.53. The molecule has 1 aliphatic heterocycles. The number of ether oxygens (including phenoxy) is 1. The maximum atomic E-state index is 12.9. The van der Waals surface area contributed by atoms with E-state index < -0.39 is 22.0 Å². The van der Waals surface area contributed by atoms with Gasteiger partial charge in [0.2, 0.25) is 10.0 Å². The van der Waals surface area contributed by atoms with Crippen LogP contribution in [0.2, 0.25) is 5.02 Å². The van der Waals surface area contributed by atoms with Crippen LogP contribution >= 0.6 is 11.6 Å². The first-order valence-corrected chi connectivity index (χ1v) is 11.1. The Labute approximate surface area is 175 Å². The van der Waals surface area contributed by atoms with E-state index >= 15 is 0 Å². The molecule has 1 aliphatic rings. The third kappa shape index (κ3) is 5.14. The molecule has 1 saturated heterocycles. The summed E-state index contributed by atoms with van der Waals surface area (Å²) in [5.41, 5.74) is 3.21. The van der Waals surface area contributed by atoms with Crippen LogP contribution in [0.4, 0.5) is 0 Å². The van der Waals surface area contributed by atoms with Crippen LogP contribution < -0.4 is 10.2 Å². The van der Waals surface area contributed by atoms with E-state index in [0.29, 0.717) is 30.2 Å². The SMILES string of the molecule is CCOc1cccc(/C=N/NC(=O)C2CCCN2S(=O)(=O)c2ccc(Cl)cc2)c1. The molecule has 0 radical (unpaired) electrons. The molecule has 0 bridgehead atoms. The highest BCUT2D eigenvalue weighted by Crippen LogP contribution is 2.27. The van der Waals surface area contributed by atoms with Crippen molar-refractivity contribution < 1.29 is 17.9 Å². The summed E-state index contributed by atoms with van der Waals surface area (Å²) >= 11 is 5.84. The molecule has 0 saturated carbocycles. The molecule has 9 heteroatoms. The molecule has 7 nitrogen and oxygen atoms in total. The van der Waals surface area contributed by atoms with Gasteiger partial charge >= 0.3 is 0 Å². The van der Waals surface area contributed by atoms with Crippen molar-refractivity contribution in [2.45, 2.75) is 30.7 Å². The van der Waals surface area contributed by atoms with E-state index in [1.54, 1.807) is 6.07 Å². The minimum atomic E-state index is -3.79. The summed E-state index contributed by atoms with van der Waals surface area (Å²) < 4.78 is 32.5. The van der Waals surface area contributed by atoms with E-state index in [0.717, 1.165) is 5.56 Å². The van der Waals surface area contributed by atoms with E-state index in [2.05, 4.69) is 10.5 Å². The molecule has 1 amide bonds. The Balaban J connectivity index is 1.68. The number of carbonyl (C=O) groups is 1. The van der Waals surface area contributed by atoms with Crippen LogP contribution in [-0.2, 0) is 14.8 Å². The normalized spacial score (nSPS) is 17.5. The van der Waals surface area contributed by atoms with Crippen LogP contribution in [0.5, 0.6) is 5.75 Å². The molecule has 1 atom stereocenters. The van der Waals surface area contributed by atoms with E-state index in [1.165, 1.54) is 34.8 Å². The lowest BCUT2D eigenvalue weighted by atomic mass is 10.2. The Bertz CT molecular complexity index is 993. The highest BCUT2D eigenvalue weighted by molar-refractivity contribution is 7.89. The lowest BCUT2D eigenvalue weighted by molar-refractivity contribution is -0.124. The third-order valence-corrected chi connectivity index (χ3v) is 6.66. The minimum absolute atomic E-state index is 0.109. The highest BCUT2D eigenvalue weighted by atomic mass is 35.5. The number of sulfonamides is 1. The number of nitrogens with one attached hydrogen (secondary N) is 1. The highest BCUT2D eigenvalue weighted by Gasteiger charge is 2.39. The molecule has 0 spiro atoms. The Hall–Kier alpha value is -2.42. The monoisotopic (exact) mass is 435 g/mol. The molecule has 1 fully saturated rings. The molecule has 0 aromatic heterocycles. The van der Waals surface area contributed by atoms with Gasteiger partial charge in [0.15, 0.2) is 0 Å². The number of benzene rings is 2. The molecule has 0 aliphatic carbocycles. The van der Waals surface area contributed by atoms with E-state index in [4.69, 9.17) is 16.3 Å². The lowest BCUT2D eigenvalue weighted by Crippen LogP contribution is -2.44. The van der Waals surface area contributed by atoms with Crippen molar-refractivity contribution >= 4 is 33.7 Å². The fraction of sp³-hybridized carbons (Fsp3) is 0.300. The molecule has 29 heavy (non-hydrogen) atoms. The van der Waals surface area contributed by atoms with Gasteiger partial charge < -0.3 is 4.74 Å². The van der Waals surface area contributed by atoms with Crippen molar-refractivity contribution in [2.75, 3.05) is 13.2 Å². The fourth-order valence-corrected chi connectivity index (χ4v) is 4.91. The van der Waals surface area contributed by atoms with Crippen molar-refractivity contribution in [3.63, 3.8) is 0 Å². The molecular weight excluding hydrogens is 414 g/mol. The summed E-state index contributed by atoms with van der Waals surface area (Å²) in [6, 6.07) is 12.4. The average Bonchev–Trinajstić information content (AvgIpc) is 3.20. The third-order valence-electron chi connectivity index (χ3n) is 4.48. The first-order chi connectivity index (χ1) is 13.9. The number of halogens is 1. The van der Waals surface area contributed by atoms with Crippen molar-refractivity contribution in [1.82, 2.24) is 9.73 Å². The van der Waals surface area contributed by atoms with Crippen LogP contribution in [0.15, 0.2) is 58.5 Å². The zero-order chi connectivity index (χ0) is 20.9. The lowest BCUT2D eigenvalue weighted by Gasteiger charge is -2.22. The standard InChI is InChI=1S/C20H22ClN3O4S/c1-2-28-17-6-3-5-15(13-17)14-22-23-20(25)19-7-4-12-24(19)29(26,27)18-10-8-16(21)9-11-18/h3,5-6,8-11,13-14,19H,2,4,7,12H2,1H3,(H,23,25)/b22-14+. The number of carbonyl (C=O) groups excluding carboxylic acids is 1. The number of hydrogen-bond donors (Lipinski definition) is 1. The Morgan fingerprint density at radius 1 is 1.31 bits per heavy atom. The molecule has 1 unspecified atom stereocenters. The summed E-state index contributed by atoms with van der Waals surface area (Å²) in [5.74, 6) is 0.246. The summed E-state index contributed by atoms with van der Waals surface area (Å²) in [7, 11) is -3.79. The van der Waals surface area contributed by atoms with Gasteiger partial charge in [0.1, 0.15) is 11.8 Å². The first kappa shape index (κ1) is 21.3. The Kier molecular flexibility index (Phi) is 6.89. The average molecular weight is 436 g/mol. The van der Waals surface area contributed by atoms with Crippen LogP contribution in [0.3, 0.4) is 0 Å². The van der Waals surface area contributed by atoms with Crippen LogP contribution in [-0.4, -0.2) is 44.0 Å². The largest absolute Gasteiger partial charge is 0.494 e. The molecular formula is C20H22ClN3O4S. The summed E-state index contributed by atoms with van der Waals surface area (Å²) in [6.45, 7) is 2.73. The molecule has 2 aromatic carbocycles. The predicted molar refractivity (Wildman–Crippen MR) is 112 cm³/mol. The maximum absolute atomic E-state index is 12.9. The molecule has 2 aromatic rings. The van der Waals surface area contributed by atoms with Crippen molar-refractivity contribution in [2.24, 2.45) is 5.10 Å². The predicted octanol–water partition coefficient (Wildman–Crippen LogP) is 3.04. The van der Waals surface area contributed by atoms with Crippen LogP contribution in [0, 0.1) is 0 Å². The van der Waals surface area contributed by atoms with Gasteiger partial charge in [-0.15, -0.1) is 0 Å². The van der Waals surface area contributed by atoms with Gasteiger partial charge in [-0.1, -0.05) is 23.7 Å². The Morgan fingerprint density at radius 3 is 2.79 bits per heavy atom. The fourth-order valence-electron chi connectivity index (χ4n) is 3.13. The van der Waals surface area contributed by atoms with E-state index in [9.17, 15) is 13.2 Å². The summed E-state index contributed by atoms with van der Waals surface area (Å²) in [5, 5.41) is 4.42. The van der Waals surface area contributed by atoms with Crippen LogP contribution in [0.25, 0.3) is 0 Å². The van der Waals surface area contributed by atoms with Gasteiger partial charge in [-0.05, 0) is 61.7 Å². The van der Waals surface area contributed by atoms with E-state index in [1.807, 2.05) is 25.1 Å². The van der Waals surface area contributed by atoms with Gasteiger partial charge in [-0.25, -0.2) is 13.8 Å².